The van der Waals surface area contributed by atoms with Gasteiger partial charge in [0.15, 0.2) is 5.82 Å². The largest absolute Gasteiger partial charge is 0.368 e. The molecule has 0 amide bonds. The molecule has 7 heteroatoms. The highest BCUT2D eigenvalue weighted by molar-refractivity contribution is 6.30. The Labute approximate surface area is 151 Å². The Balaban J connectivity index is 2.00. The Bertz CT molecular complexity index is 881. The van der Waals surface area contributed by atoms with Gasteiger partial charge in [-0.3, -0.25) is 0 Å². The average molecular weight is 355 g/mol. The van der Waals surface area contributed by atoms with Crippen LogP contribution in [0.4, 0.5) is 17.5 Å². The first kappa shape index (κ1) is 17.1. The fourth-order valence-corrected chi connectivity index (χ4v) is 2.43. The van der Waals surface area contributed by atoms with Crippen molar-refractivity contribution >= 4 is 29.1 Å². The molecular weight excluding hydrogens is 336 g/mol. The van der Waals surface area contributed by atoms with E-state index in [-0.39, 0.29) is 6.04 Å². The van der Waals surface area contributed by atoms with Crippen molar-refractivity contribution in [1.82, 2.24) is 19.9 Å². The number of hydrogen-bond acceptors (Lipinski definition) is 6. The van der Waals surface area contributed by atoms with Crippen molar-refractivity contribution in [3.8, 4) is 11.5 Å². The summed E-state index contributed by atoms with van der Waals surface area (Å²) >= 11 is 6.02. The smallest absolute Gasteiger partial charge is 0.182 e. The van der Waals surface area contributed by atoms with Crippen LogP contribution in [-0.2, 0) is 0 Å². The molecule has 0 fully saturated rings. The van der Waals surface area contributed by atoms with Gasteiger partial charge in [0.05, 0.1) is 0 Å². The van der Waals surface area contributed by atoms with Gasteiger partial charge in [-0.2, -0.15) is 0 Å². The molecule has 0 aliphatic heterocycles. The van der Waals surface area contributed by atoms with Crippen LogP contribution in [0.15, 0.2) is 42.6 Å². The molecule has 0 atom stereocenters. The Morgan fingerprint density at radius 2 is 1.76 bits per heavy atom. The van der Waals surface area contributed by atoms with Crippen LogP contribution in [-0.4, -0.2) is 26.0 Å². The average Bonchev–Trinajstić information content (AvgIpc) is 2.54. The molecule has 0 radical (unpaired) electrons. The van der Waals surface area contributed by atoms with Gasteiger partial charge in [-0.05, 0) is 45.0 Å². The zero-order chi connectivity index (χ0) is 17.8. The fraction of sp³-hybridized carbons (Fsp3) is 0.222. The highest BCUT2D eigenvalue weighted by Crippen LogP contribution is 2.22. The lowest BCUT2D eigenvalue weighted by atomic mass is 10.3. The van der Waals surface area contributed by atoms with Gasteiger partial charge >= 0.3 is 0 Å². The van der Waals surface area contributed by atoms with Crippen LogP contribution in [0.5, 0.6) is 0 Å². The van der Waals surface area contributed by atoms with Crippen molar-refractivity contribution in [3.63, 3.8) is 0 Å². The molecule has 128 valence electrons. The van der Waals surface area contributed by atoms with E-state index in [0.717, 1.165) is 11.4 Å². The van der Waals surface area contributed by atoms with Crippen LogP contribution < -0.4 is 10.6 Å². The minimum Gasteiger partial charge on any atom is -0.368 e. The predicted octanol–water partition coefficient (Wildman–Crippen LogP) is 4.46. The summed E-state index contributed by atoms with van der Waals surface area (Å²) < 4.78 is 0. The summed E-state index contributed by atoms with van der Waals surface area (Å²) in [5.74, 6) is 2.49. The Kier molecular flexibility index (Phi) is 5.09. The number of aryl methyl sites for hydroxylation is 1. The molecule has 25 heavy (non-hydrogen) atoms. The summed E-state index contributed by atoms with van der Waals surface area (Å²) in [6.45, 7) is 6.05. The van der Waals surface area contributed by atoms with Gasteiger partial charge in [-0.15, -0.1) is 0 Å². The van der Waals surface area contributed by atoms with Gasteiger partial charge in [0, 0.05) is 29.0 Å². The third-order valence-electron chi connectivity index (χ3n) is 3.26. The zero-order valence-electron chi connectivity index (χ0n) is 14.3. The van der Waals surface area contributed by atoms with E-state index in [0.29, 0.717) is 28.3 Å². The number of rotatable bonds is 5. The molecule has 0 saturated heterocycles. The Hall–Kier alpha value is -2.73. The molecule has 3 aromatic rings. The molecular formula is C18H19ClN6. The second-order valence-electron chi connectivity index (χ2n) is 5.91. The van der Waals surface area contributed by atoms with E-state index in [1.165, 1.54) is 0 Å². The molecule has 0 aliphatic rings. The van der Waals surface area contributed by atoms with Crippen LogP contribution >= 0.6 is 11.6 Å². The van der Waals surface area contributed by atoms with E-state index in [9.17, 15) is 0 Å². The maximum atomic E-state index is 6.02. The second-order valence-corrected chi connectivity index (χ2v) is 6.35. The van der Waals surface area contributed by atoms with Crippen molar-refractivity contribution < 1.29 is 0 Å². The number of nitrogens with zero attached hydrogens (tertiary/aromatic N) is 4. The van der Waals surface area contributed by atoms with Crippen LogP contribution in [0, 0.1) is 6.92 Å². The van der Waals surface area contributed by atoms with Gasteiger partial charge in [-0.25, -0.2) is 19.9 Å². The monoisotopic (exact) mass is 354 g/mol. The maximum absolute atomic E-state index is 6.02. The quantitative estimate of drug-likeness (QED) is 0.704. The summed E-state index contributed by atoms with van der Waals surface area (Å²) in [4.78, 5) is 17.9. The summed E-state index contributed by atoms with van der Waals surface area (Å²) in [7, 11) is 0. The third-order valence-corrected chi connectivity index (χ3v) is 3.49. The fourth-order valence-electron chi connectivity index (χ4n) is 2.27. The number of pyridine rings is 2. The summed E-state index contributed by atoms with van der Waals surface area (Å²) in [6, 6.07) is 11.3. The first-order valence-electron chi connectivity index (χ1n) is 7.98. The van der Waals surface area contributed by atoms with Crippen molar-refractivity contribution in [1.29, 1.82) is 0 Å². The standard InChI is InChI=1S/C18H19ClN6/c1-11(2)21-16-10-17(23-15-9-13(19)7-8-20-15)25-18(24-16)14-6-4-5-12(3)22-14/h4-11H,1-3H3,(H2,20,21,23,24,25). The normalized spacial score (nSPS) is 10.8. The van der Waals surface area contributed by atoms with Gasteiger partial charge in [-0.1, -0.05) is 17.7 Å². The molecule has 0 saturated carbocycles. The topological polar surface area (TPSA) is 75.6 Å². The molecule has 0 unspecified atom stereocenters. The lowest BCUT2D eigenvalue weighted by Gasteiger charge is -2.13. The molecule has 3 heterocycles. The van der Waals surface area contributed by atoms with Crippen LogP contribution in [0.25, 0.3) is 11.5 Å². The number of halogens is 1. The van der Waals surface area contributed by atoms with Crippen molar-refractivity contribution in [2.45, 2.75) is 26.8 Å². The number of nitrogens with one attached hydrogen (secondary N) is 2. The van der Waals surface area contributed by atoms with E-state index < -0.39 is 0 Å². The van der Waals surface area contributed by atoms with Gasteiger partial charge < -0.3 is 10.6 Å². The van der Waals surface area contributed by atoms with E-state index >= 15 is 0 Å². The summed E-state index contributed by atoms with van der Waals surface area (Å²) in [5, 5.41) is 7.07. The molecule has 3 rings (SSSR count). The van der Waals surface area contributed by atoms with Crippen LogP contribution in [0.1, 0.15) is 19.5 Å². The highest BCUT2D eigenvalue weighted by atomic mass is 35.5. The maximum Gasteiger partial charge on any atom is 0.182 e. The first-order valence-corrected chi connectivity index (χ1v) is 8.35. The van der Waals surface area contributed by atoms with Crippen molar-refractivity contribution in [2.24, 2.45) is 0 Å². The lowest BCUT2D eigenvalue weighted by molar-refractivity contribution is 0.887. The Morgan fingerprint density at radius 3 is 2.48 bits per heavy atom. The van der Waals surface area contributed by atoms with Gasteiger partial charge in [0.25, 0.3) is 0 Å². The van der Waals surface area contributed by atoms with Crippen molar-refractivity contribution in [2.75, 3.05) is 10.6 Å². The summed E-state index contributed by atoms with van der Waals surface area (Å²) in [6.07, 6.45) is 1.64. The Morgan fingerprint density at radius 1 is 0.960 bits per heavy atom. The lowest BCUT2D eigenvalue weighted by Crippen LogP contribution is -2.12. The number of anilines is 3. The van der Waals surface area contributed by atoms with Gasteiger partial charge in [0.1, 0.15) is 23.1 Å². The third kappa shape index (κ3) is 4.64. The summed E-state index contributed by atoms with van der Waals surface area (Å²) in [5.41, 5.74) is 1.63. The van der Waals surface area contributed by atoms with Crippen LogP contribution in [0.3, 0.4) is 0 Å². The van der Waals surface area contributed by atoms with E-state index in [4.69, 9.17) is 11.6 Å². The molecule has 0 aliphatic carbocycles. The van der Waals surface area contributed by atoms with E-state index in [1.54, 1.807) is 18.3 Å². The highest BCUT2D eigenvalue weighted by Gasteiger charge is 2.10. The molecule has 6 nitrogen and oxygen atoms in total. The zero-order valence-corrected chi connectivity index (χ0v) is 15.0. The van der Waals surface area contributed by atoms with Crippen LogP contribution in [0.2, 0.25) is 5.02 Å². The SMILES string of the molecule is Cc1cccc(-c2nc(Nc3cc(Cl)ccn3)cc(NC(C)C)n2)n1. The first-order chi connectivity index (χ1) is 12.0. The second kappa shape index (κ2) is 7.44. The van der Waals surface area contributed by atoms with Crippen molar-refractivity contribution in [3.05, 3.63) is 53.3 Å². The molecule has 2 N–H and O–H groups in total. The number of aromatic nitrogens is 4. The molecule has 0 bridgehead atoms. The minimum absolute atomic E-state index is 0.241. The molecule has 3 aromatic heterocycles. The van der Waals surface area contributed by atoms with E-state index in [1.807, 2.05) is 31.2 Å². The molecule has 0 aromatic carbocycles. The van der Waals surface area contributed by atoms with Gasteiger partial charge in [0.2, 0.25) is 0 Å². The number of hydrogen-bond donors (Lipinski definition) is 2. The van der Waals surface area contributed by atoms with E-state index in [2.05, 4.69) is 44.4 Å². The predicted molar refractivity (Wildman–Crippen MR) is 101 cm³/mol. The minimum atomic E-state index is 0.241. The molecule has 0 spiro atoms.